The van der Waals surface area contributed by atoms with Crippen LogP contribution in [-0.2, 0) is 0 Å². The summed E-state index contributed by atoms with van der Waals surface area (Å²) in [6.45, 7) is 2.07. The van der Waals surface area contributed by atoms with Crippen molar-refractivity contribution >= 4 is 29.4 Å². The lowest BCUT2D eigenvalue weighted by atomic mass is 10.2. The first kappa shape index (κ1) is 13.1. The van der Waals surface area contributed by atoms with E-state index >= 15 is 0 Å². The van der Waals surface area contributed by atoms with Gasteiger partial charge in [0.15, 0.2) is 6.29 Å². The highest BCUT2D eigenvalue weighted by atomic mass is 35.5. The highest BCUT2D eigenvalue weighted by molar-refractivity contribution is 6.33. The van der Waals surface area contributed by atoms with Crippen LogP contribution in [0.5, 0.6) is 0 Å². The fraction of sp³-hybridized carbons (Fsp3) is 0.429. The molecule has 0 unspecified atom stereocenters. The molecule has 1 aliphatic carbocycles. The van der Waals surface area contributed by atoms with Crippen LogP contribution in [0.4, 0.5) is 5.69 Å². The van der Waals surface area contributed by atoms with Crippen LogP contribution in [0.15, 0.2) is 23.2 Å². The Morgan fingerprint density at radius 2 is 2.28 bits per heavy atom. The lowest BCUT2D eigenvalue weighted by Crippen LogP contribution is -2.28. The van der Waals surface area contributed by atoms with Crippen LogP contribution < -0.4 is 0 Å². The monoisotopic (exact) mass is 264 g/mol. The predicted octanol–water partition coefficient (Wildman–Crippen LogP) is 3.69. The van der Waals surface area contributed by atoms with E-state index < -0.39 is 0 Å². The number of nitrogens with zero attached hydrogens (tertiary/aromatic N) is 2. The van der Waals surface area contributed by atoms with Crippen LogP contribution in [0.3, 0.4) is 0 Å². The van der Waals surface area contributed by atoms with Crippen LogP contribution in [0.25, 0.3) is 0 Å². The van der Waals surface area contributed by atoms with Gasteiger partial charge >= 0.3 is 0 Å². The zero-order valence-corrected chi connectivity index (χ0v) is 11.4. The summed E-state index contributed by atoms with van der Waals surface area (Å²) in [5.41, 5.74) is 1.12. The van der Waals surface area contributed by atoms with E-state index in [2.05, 4.69) is 23.9 Å². The molecule has 2 rings (SSSR count). The molecule has 18 heavy (non-hydrogen) atoms. The molecule has 0 radical (unpaired) electrons. The molecule has 0 atom stereocenters. The minimum absolute atomic E-state index is 0.454. The van der Waals surface area contributed by atoms with Crippen molar-refractivity contribution in [3.05, 3.63) is 28.8 Å². The molecule has 0 heterocycles. The lowest BCUT2D eigenvalue weighted by Gasteiger charge is -2.20. The number of aldehydes is 1. The Hall–Kier alpha value is -1.35. The smallest absolute Gasteiger partial charge is 0.153 e. The molecule has 0 aromatic heterocycles. The summed E-state index contributed by atoms with van der Waals surface area (Å²) in [6, 6.07) is 5.97. The highest BCUT2D eigenvalue weighted by Gasteiger charge is 2.27. The average molecular weight is 265 g/mol. The van der Waals surface area contributed by atoms with Crippen LogP contribution in [0.2, 0.25) is 5.02 Å². The number of halogens is 1. The first-order valence-electron chi connectivity index (χ1n) is 6.21. The molecule has 0 amide bonds. The van der Waals surface area contributed by atoms with Crippen molar-refractivity contribution in [2.75, 3.05) is 7.05 Å². The molecule has 1 fully saturated rings. The van der Waals surface area contributed by atoms with Crippen molar-refractivity contribution in [3.63, 3.8) is 0 Å². The fourth-order valence-electron chi connectivity index (χ4n) is 1.96. The summed E-state index contributed by atoms with van der Waals surface area (Å²) in [7, 11) is 2.06. The average Bonchev–Trinajstić information content (AvgIpc) is 3.19. The van der Waals surface area contributed by atoms with Gasteiger partial charge in [0.05, 0.1) is 16.3 Å². The summed E-state index contributed by atoms with van der Waals surface area (Å²) in [5.74, 6) is 1.00. The van der Waals surface area contributed by atoms with Gasteiger partial charge in [0, 0.05) is 19.5 Å². The van der Waals surface area contributed by atoms with Gasteiger partial charge in [0.25, 0.3) is 0 Å². The third-order valence-electron chi connectivity index (χ3n) is 3.22. The number of amidine groups is 1. The Kier molecular flexibility index (Phi) is 4.02. The van der Waals surface area contributed by atoms with Crippen molar-refractivity contribution in [1.29, 1.82) is 0 Å². The van der Waals surface area contributed by atoms with Crippen molar-refractivity contribution in [1.82, 2.24) is 4.90 Å². The topological polar surface area (TPSA) is 32.7 Å². The Morgan fingerprint density at radius 1 is 1.56 bits per heavy atom. The van der Waals surface area contributed by atoms with Crippen LogP contribution in [0, 0.1) is 0 Å². The molecule has 0 aliphatic heterocycles. The van der Waals surface area contributed by atoms with Crippen LogP contribution in [0.1, 0.15) is 36.5 Å². The second kappa shape index (κ2) is 5.53. The second-order valence-corrected chi connectivity index (χ2v) is 4.92. The summed E-state index contributed by atoms with van der Waals surface area (Å²) in [4.78, 5) is 17.9. The zero-order valence-electron chi connectivity index (χ0n) is 10.7. The predicted molar refractivity (Wildman–Crippen MR) is 75.0 cm³/mol. The second-order valence-electron chi connectivity index (χ2n) is 4.51. The summed E-state index contributed by atoms with van der Waals surface area (Å²) in [6.07, 6.45) is 4.07. The van der Waals surface area contributed by atoms with Gasteiger partial charge in [0.1, 0.15) is 5.84 Å². The van der Waals surface area contributed by atoms with E-state index in [1.807, 2.05) is 12.1 Å². The van der Waals surface area contributed by atoms with Gasteiger partial charge < -0.3 is 4.90 Å². The highest BCUT2D eigenvalue weighted by Crippen LogP contribution is 2.29. The maximum Gasteiger partial charge on any atom is 0.153 e. The van der Waals surface area contributed by atoms with Gasteiger partial charge in [-0.25, -0.2) is 4.99 Å². The number of carbonyl (C=O) groups excluding carboxylic acids is 1. The standard InChI is InChI=1S/C14H17ClN2O/c1-3-14(17(2)10-7-8-10)16-13-6-4-5-12(15)11(13)9-18/h4-6,9-10H,3,7-8H2,1-2H3. The summed E-state index contributed by atoms with van der Waals surface area (Å²) >= 11 is 6.00. The third kappa shape index (κ3) is 2.72. The first-order valence-corrected chi connectivity index (χ1v) is 6.59. The molecule has 0 saturated heterocycles. The maximum absolute atomic E-state index is 11.1. The third-order valence-corrected chi connectivity index (χ3v) is 3.54. The lowest BCUT2D eigenvalue weighted by molar-refractivity contribution is 0.112. The number of hydrogen-bond donors (Lipinski definition) is 0. The number of benzene rings is 1. The molecule has 4 heteroatoms. The van der Waals surface area contributed by atoms with Gasteiger partial charge in [-0.2, -0.15) is 0 Å². The Bertz CT molecular complexity index is 481. The maximum atomic E-state index is 11.1. The molecule has 1 aliphatic rings. The van der Waals surface area contributed by atoms with Crippen LogP contribution >= 0.6 is 11.6 Å². The van der Waals surface area contributed by atoms with Gasteiger partial charge in [-0.1, -0.05) is 24.6 Å². The van der Waals surface area contributed by atoms with Crippen molar-refractivity contribution in [2.24, 2.45) is 4.99 Å². The largest absolute Gasteiger partial charge is 0.360 e. The normalized spacial score (nSPS) is 15.6. The van der Waals surface area contributed by atoms with Crippen molar-refractivity contribution < 1.29 is 4.79 Å². The number of rotatable bonds is 4. The molecule has 0 bridgehead atoms. The van der Waals surface area contributed by atoms with E-state index in [9.17, 15) is 4.79 Å². The number of hydrogen-bond acceptors (Lipinski definition) is 2. The molecule has 0 spiro atoms. The number of carbonyl (C=O) groups is 1. The Labute approximate surface area is 112 Å². The van der Waals surface area contributed by atoms with E-state index in [-0.39, 0.29) is 0 Å². The van der Waals surface area contributed by atoms with E-state index in [0.29, 0.717) is 22.3 Å². The quantitative estimate of drug-likeness (QED) is 0.472. The number of aliphatic imine (C=N–C) groups is 1. The van der Waals surface area contributed by atoms with Crippen molar-refractivity contribution in [3.8, 4) is 0 Å². The van der Waals surface area contributed by atoms with Gasteiger partial charge in [-0.05, 0) is 25.0 Å². The SMILES string of the molecule is CCC(=Nc1cccc(Cl)c1C=O)N(C)C1CC1. The fourth-order valence-corrected chi connectivity index (χ4v) is 2.17. The van der Waals surface area contributed by atoms with Crippen molar-refractivity contribution in [2.45, 2.75) is 32.2 Å². The zero-order chi connectivity index (χ0) is 13.1. The molecule has 96 valence electrons. The van der Waals surface area contributed by atoms with E-state index in [4.69, 9.17) is 11.6 Å². The molecule has 3 nitrogen and oxygen atoms in total. The van der Waals surface area contributed by atoms with E-state index in [0.717, 1.165) is 18.5 Å². The van der Waals surface area contributed by atoms with Gasteiger partial charge in [-0.15, -0.1) is 0 Å². The van der Waals surface area contributed by atoms with E-state index in [1.54, 1.807) is 6.07 Å². The van der Waals surface area contributed by atoms with Gasteiger partial charge in [0.2, 0.25) is 0 Å². The first-order chi connectivity index (χ1) is 8.67. The van der Waals surface area contributed by atoms with Gasteiger partial charge in [-0.3, -0.25) is 4.79 Å². The summed E-state index contributed by atoms with van der Waals surface area (Å²) in [5, 5.41) is 0.454. The van der Waals surface area contributed by atoms with E-state index in [1.165, 1.54) is 12.8 Å². The minimum atomic E-state index is 0.454. The van der Waals surface area contributed by atoms with Crippen LogP contribution in [-0.4, -0.2) is 30.1 Å². The molecule has 1 saturated carbocycles. The minimum Gasteiger partial charge on any atom is -0.360 e. The molecular formula is C14H17ClN2O. The molecule has 1 aromatic rings. The molecule has 1 aromatic carbocycles. The Balaban J connectivity index is 2.34. The Morgan fingerprint density at radius 3 is 2.83 bits per heavy atom. The molecule has 0 N–H and O–H groups in total. The summed E-state index contributed by atoms with van der Waals surface area (Å²) < 4.78 is 0. The molecular weight excluding hydrogens is 248 g/mol.